The number of hydrogen-bond acceptors (Lipinski definition) is 6. The Labute approximate surface area is 147 Å². The fraction of sp³-hybridized carbons (Fsp3) is 0.444. The number of anilines is 1. The molecule has 25 heavy (non-hydrogen) atoms. The first kappa shape index (κ1) is 17.1. The molecule has 0 unspecified atom stereocenters. The molecule has 1 aromatic heterocycles. The van der Waals surface area contributed by atoms with E-state index in [2.05, 4.69) is 53.7 Å². The number of benzene rings is 1. The van der Waals surface area contributed by atoms with E-state index in [-0.39, 0.29) is 11.4 Å². The maximum absolute atomic E-state index is 12.5. The molecule has 1 aliphatic rings. The quantitative estimate of drug-likeness (QED) is 0.865. The molecule has 0 spiro atoms. The van der Waals surface area contributed by atoms with Crippen LogP contribution in [0.25, 0.3) is 0 Å². The number of aromatic nitrogens is 4. The van der Waals surface area contributed by atoms with Crippen LogP contribution in [0, 0.1) is 0 Å². The third-order valence-corrected chi connectivity index (χ3v) is 4.30. The molecule has 1 aliphatic heterocycles. The Morgan fingerprint density at radius 1 is 1.28 bits per heavy atom. The maximum Gasteiger partial charge on any atom is 0.338 e. The second-order valence-electron chi connectivity index (χ2n) is 7.11. The van der Waals surface area contributed by atoms with Gasteiger partial charge in [-0.15, -0.1) is 0 Å². The van der Waals surface area contributed by atoms with Crippen LogP contribution in [0.5, 0.6) is 0 Å². The van der Waals surface area contributed by atoms with Gasteiger partial charge in [0, 0.05) is 5.70 Å². The predicted molar refractivity (Wildman–Crippen MR) is 94.1 cm³/mol. The first-order chi connectivity index (χ1) is 11.8. The summed E-state index contributed by atoms with van der Waals surface area (Å²) in [5, 5.41) is 14.9. The van der Waals surface area contributed by atoms with Gasteiger partial charge in [-0.05, 0) is 40.8 Å². The molecule has 7 nitrogen and oxygen atoms in total. The van der Waals surface area contributed by atoms with Crippen molar-refractivity contribution in [3.05, 3.63) is 46.7 Å². The minimum atomic E-state index is -0.417. The summed E-state index contributed by atoms with van der Waals surface area (Å²) < 4.78 is 6.87. The molecule has 0 fully saturated rings. The molecule has 0 aliphatic carbocycles. The van der Waals surface area contributed by atoms with Crippen molar-refractivity contribution in [3.8, 4) is 0 Å². The molecule has 0 saturated heterocycles. The molecular formula is C18H23N5O2. The number of tetrazole rings is 1. The second-order valence-corrected chi connectivity index (χ2v) is 7.11. The molecule has 2 aromatic rings. The lowest BCUT2D eigenvalue weighted by atomic mass is 9.85. The molecule has 2 heterocycles. The van der Waals surface area contributed by atoms with Crippen LogP contribution in [0.15, 0.2) is 35.5 Å². The molecule has 7 heteroatoms. The molecule has 1 aromatic carbocycles. The van der Waals surface area contributed by atoms with Crippen molar-refractivity contribution < 1.29 is 9.53 Å². The number of allylic oxidation sites excluding steroid dienone is 1. The molecule has 0 bridgehead atoms. The third-order valence-electron chi connectivity index (χ3n) is 4.30. The summed E-state index contributed by atoms with van der Waals surface area (Å²) in [7, 11) is 0. The van der Waals surface area contributed by atoms with Gasteiger partial charge in [0.2, 0.25) is 5.95 Å². The summed E-state index contributed by atoms with van der Waals surface area (Å²) in [5.41, 5.74) is 3.43. The van der Waals surface area contributed by atoms with Gasteiger partial charge in [0.15, 0.2) is 0 Å². The third kappa shape index (κ3) is 3.14. The van der Waals surface area contributed by atoms with E-state index in [1.54, 1.807) is 11.6 Å². The van der Waals surface area contributed by atoms with Crippen molar-refractivity contribution in [3.63, 3.8) is 0 Å². The highest BCUT2D eigenvalue weighted by Gasteiger charge is 2.34. The van der Waals surface area contributed by atoms with Crippen molar-refractivity contribution in [2.75, 3.05) is 11.9 Å². The number of rotatable bonds is 3. The zero-order chi connectivity index (χ0) is 18.2. The number of carbonyl (C=O) groups excluding carboxylic acids is 1. The Morgan fingerprint density at radius 3 is 2.56 bits per heavy atom. The van der Waals surface area contributed by atoms with Crippen LogP contribution in [0.3, 0.4) is 0 Å². The van der Waals surface area contributed by atoms with Gasteiger partial charge in [-0.1, -0.05) is 50.1 Å². The summed E-state index contributed by atoms with van der Waals surface area (Å²) in [6.45, 7) is 10.4. The van der Waals surface area contributed by atoms with E-state index in [1.165, 1.54) is 5.56 Å². The molecule has 0 saturated carbocycles. The summed E-state index contributed by atoms with van der Waals surface area (Å²) >= 11 is 0. The van der Waals surface area contributed by atoms with Crippen LogP contribution < -0.4 is 5.32 Å². The smallest absolute Gasteiger partial charge is 0.338 e. The van der Waals surface area contributed by atoms with Crippen LogP contribution in [0.2, 0.25) is 0 Å². The van der Waals surface area contributed by atoms with E-state index in [0.29, 0.717) is 23.8 Å². The fourth-order valence-corrected chi connectivity index (χ4v) is 2.96. The molecular weight excluding hydrogens is 318 g/mol. The normalized spacial score (nSPS) is 17.1. The van der Waals surface area contributed by atoms with Gasteiger partial charge in [0.25, 0.3) is 0 Å². The lowest BCUT2D eigenvalue weighted by Crippen LogP contribution is -2.29. The topological polar surface area (TPSA) is 81.9 Å². The Hall–Kier alpha value is -2.70. The predicted octanol–water partition coefficient (Wildman–Crippen LogP) is 2.82. The maximum atomic E-state index is 12.5. The number of fused-ring (bicyclic) bond motifs is 1. The van der Waals surface area contributed by atoms with Crippen LogP contribution in [0.1, 0.15) is 51.8 Å². The van der Waals surface area contributed by atoms with Crippen molar-refractivity contribution >= 4 is 11.9 Å². The summed E-state index contributed by atoms with van der Waals surface area (Å²) in [4.78, 5) is 12.5. The Bertz CT molecular complexity index is 815. The average Bonchev–Trinajstić information content (AvgIpc) is 3.00. The monoisotopic (exact) mass is 341 g/mol. The largest absolute Gasteiger partial charge is 0.463 e. The van der Waals surface area contributed by atoms with E-state index in [1.807, 2.05) is 19.1 Å². The highest BCUT2D eigenvalue weighted by Crippen LogP contribution is 2.35. The Morgan fingerprint density at radius 2 is 1.96 bits per heavy atom. The molecule has 1 atom stereocenters. The minimum Gasteiger partial charge on any atom is -0.463 e. The SMILES string of the molecule is CCOC(=O)C1=C(C)Nc2nnnn2[C@H]1c1ccc(C(C)(C)C)cc1. The number of esters is 1. The van der Waals surface area contributed by atoms with E-state index < -0.39 is 6.04 Å². The number of hydrogen-bond donors (Lipinski definition) is 1. The first-order valence-electron chi connectivity index (χ1n) is 8.36. The number of carbonyl (C=O) groups is 1. The fourth-order valence-electron chi connectivity index (χ4n) is 2.96. The number of nitrogens with one attached hydrogen (secondary N) is 1. The Balaban J connectivity index is 2.08. The van der Waals surface area contributed by atoms with Gasteiger partial charge in [-0.3, -0.25) is 0 Å². The van der Waals surface area contributed by atoms with Crippen LogP contribution >= 0.6 is 0 Å². The van der Waals surface area contributed by atoms with Gasteiger partial charge >= 0.3 is 5.97 Å². The zero-order valence-corrected chi connectivity index (χ0v) is 15.2. The van der Waals surface area contributed by atoms with E-state index in [4.69, 9.17) is 4.74 Å². The van der Waals surface area contributed by atoms with E-state index >= 15 is 0 Å². The highest BCUT2D eigenvalue weighted by molar-refractivity contribution is 5.92. The van der Waals surface area contributed by atoms with Crippen LogP contribution in [-0.2, 0) is 14.9 Å². The molecule has 1 N–H and O–H groups in total. The molecule has 132 valence electrons. The minimum absolute atomic E-state index is 0.0579. The molecule has 0 radical (unpaired) electrons. The summed E-state index contributed by atoms with van der Waals surface area (Å²) in [5.74, 6) is 0.147. The summed E-state index contributed by atoms with van der Waals surface area (Å²) in [6.07, 6.45) is 0. The van der Waals surface area contributed by atoms with Crippen LogP contribution in [-0.4, -0.2) is 32.8 Å². The first-order valence-corrected chi connectivity index (χ1v) is 8.36. The summed E-state index contributed by atoms with van der Waals surface area (Å²) in [6, 6.07) is 7.79. The molecule has 3 rings (SSSR count). The standard InChI is InChI=1S/C18H23N5O2/c1-6-25-16(24)14-11(2)19-17-20-21-22-23(17)15(14)12-7-9-13(10-8-12)18(3,4)5/h7-10,15H,6H2,1-5H3,(H,19,20,22)/t15-/m0/s1. The second kappa shape index (κ2) is 6.31. The van der Waals surface area contributed by atoms with Gasteiger partial charge in [0.05, 0.1) is 12.2 Å². The van der Waals surface area contributed by atoms with Gasteiger partial charge < -0.3 is 10.1 Å². The Kier molecular flexibility index (Phi) is 4.32. The van der Waals surface area contributed by atoms with Gasteiger partial charge in [-0.25, -0.2) is 4.79 Å². The number of ether oxygens (including phenoxy) is 1. The van der Waals surface area contributed by atoms with Crippen molar-refractivity contribution in [1.82, 2.24) is 20.2 Å². The highest BCUT2D eigenvalue weighted by atomic mass is 16.5. The lowest BCUT2D eigenvalue weighted by molar-refractivity contribution is -0.139. The van der Waals surface area contributed by atoms with Gasteiger partial charge in [-0.2, -0.15) is 4.68 Å². The number of nitrogens with zero attached hydrogens (tertiary/aromatic N) is 4. The van der Waals surface area contributed by atoms with E-state index in [9.17, 15) is 4.79 Å². The molecule has 0 amide bonds. The van der Waals surface area contributed by atoms with Crippen molar-refractivity contribution in [2.24, 2.45) is 0 Å². The van der Waals surface area contributed by atoms with Crippen LogP contribution in [0.4, 0.5) is 5.95 Å². The zero-order valence-electron chi connectivity index (χ0n) is 15.2. The van der Waals surface area contributed by atoms with Crippen molar-refractivity contribution in [2.45, 2.75) is 46.1 Å². The van der Waals surface area contributed by atoms with E-state index in [0.717, 1.165) is 5.56 Å². The van der Waals surface area contributed by atoms with Crippen molar-refractivity contribution in [1.29, 1.82) is 0 Å². The van der Waals surface area contributed by atoms with Gasteiger partial charge in [0.1, 0.15) is 6.04 Å². The lowest BCUT2D eigenvalue weighted by Gasteiger charge is -2.28. The average molecular weight is 341 g/mol.